The van der Waals surface area contributed by atoms with Crippen LogP contribution in [-0.2, 0) is 0 Å². The number of halogens is 1. The summed E-state index contributed by atoms with van der Waals surface area (Å²) >= 11 is 5.98. The van der Waals surface area contributed by atoms with Crippen molar-refractivity contribution in [3.8, 4) is 5.75 Å². The first-order valence-electron chi connectivity index (χ1n) is 6.81. The van der Waals surface area contributed by atoms with E-state index in [1.165, 1.54) is 12.8 Å². The van der Waals surface area contributed by atoms with Crippen molar-refractivity contribution in [2.24, 2.45) is 5.92 Å². The standard InChI is InChI=1S/C15H19ClO2/c1-2-10-4-3-7-15(10)9-13(17)12-8-11(16)5-6-14(12)18-15/h5-6,8,10,13,17H,2-4,7,9H2,1H3/t10?,13-,15?/m0/s1. The minimum absolute atomic E-state index is 0.144. The van der Waals surface area contributed by atoms with Crippen LogP contribution in [0.25, 0.3) is 0 Å². The van der Waals surface area contributed by atoms with Gasteiger partial charge >= 0.3 is 0 Å². The third-order valence-electron chi connectivity index (χ3n) is 4.57. The van der Waals surface area contributed by atoms with Gasteiger partial charge in [0.05, 0.1) is 6.10 Å². The van der Waals surface area contributed by atoms with Gasteiger partial charge in [0.25, 0.3) is 0 Å². The second-order valence-corrected chi connectivity index (χ2v) is 6.00. The predicted molar refractivity (Wildman–Crippen MR) is 72.0 cm³/mol. The Morgan fingerprint density at radius 2 is 2.33 bits per heavy atom. The zero-order valence-corrected chi connectivity index (χ0v) is 11.4. The van der Waals surface area contributed by atoms with Crippen molar-refractivity contribution in [2.45, 2.75) is 50.7 Å². The third kappa shape index (κ3) is 1.83. The van der Waals surface area contributed by atoms with Crippen LogP contribution >= 0.6 is 11.6 Å². The van der Waals surface area contributed by atoms with Crippen molar-refractivity contribution < 1.29 is 9.84 Å². The quantitative estimate of drug-likeness (QED) is 0.829. The monoisotopic (exact) mass is 266 g/mol. The molecule has 98 valence electrons. The van der Waals surface area contributed by atoms with Gasteiger partial charge in [-0.1, -0.05) is 18.5 Å². The van der Waals surface area contributed by atoms with Gasteiger partial charge in [-0.25, -0.2) is 0 Å². The van der Waals surface area contributed by atoms with Crippen molar-refractivity contribution in [3.05, 3.63) is 28.8 Å². The van der Waals surface area contributed by atoms with Crippen LogP contribution < -0.4 is 4.74 Å². The fourth-order valence-electron chi connectivity index (χ4n) is 3.66. The maximum absolute atomic E-state index is 10.4. The van der Waals surface area contributed by atoms with E-state index in [-0.39, 0.29) is 5.60 Å². The molecule has 3 atom stereocenters. The molecule has 3 heteroatoms. The molecule has 1 fully saturated rings. The summed E-state index contributed by atoms with van der Waals surface area (Å²) in [6.45, 7) is 2.21. The maximum atomic E-state index is 10.4. The van der Waals surface area contributed by atoms with Crippen LogP contribution in [0.5, 0.6) is 5.75 Å². The van der Waals surface area contributed by atoms with E-state index in [4.69, 9.17) is 16.3 Å². The molecule has 1 aliphatic heterocycles. The highest BCUT2D eigenvalue weighted by atomic mass is 35.5. The van der Waals surface area contributed by atoms with E-state index in [1.54, 1.807) is 0 Å². The van der Waals surface area contributed by atoms with E-state index in [0.717, 1.165) is 24.2 Å². The number of hydrogen-bond donors (Lipinski definition) is 1. The predicted octanol–water partition coefficient (Wildman–Crippen LogP) is 4.10. The highest BCUT2D eigenvalue weighted by Crippen LogP contribution is 2.51. The molecule has 1 saturated carbocycles. The lowest BCUT2D eigenvalue weighted by molar-refractivity contribution is -0.0410. The highest BCUT2D eigenvalue weighted by Gasteiger charge is 2.48. The minimum Gasteiger partial charge on any atom is -0.486 e. The van der Waals surface area contributed by atoms with Gasteiger partial charge in [-0.3, -0.25) is 0 Å². The molecule has 0 radical (unpaired) electrons. The average molecular weight is 267 g/mol. The first-order valence-corrected chi connectivity index (χ1v) is 7.19. The topological polar surface area (TPSA) is 29.5 Å². The molecule has 0 amide bonds. The Bertz CT molecular complexity index is 460. The van der Waals surface area contributed by atoms with Crippen molar-refractivity contribution in [2.75, 3.05) is 0 Å². The number of rotatable bonds is 1. The smallest absolute Gasteiger partial charge is 0.126 e. The number of hydrogen-bond acceptors (Lipinski definition) is 2. The molecule has 1 spiro atoms. The molecule has 3 rings (SSSR count). The normalized spacial score (nSPS) is 34.4. The zero-order valence-electron chi connectivity index (χ0n) is 10.7. The van der Waals surface area contributed by atoms with Crippen molar-refractivity contribution in [1.82, 2.24) is 0 Å². The molecule has 1 aliphatic carbocycles. The fourth-order valence-corrected chi connectivity index (χ4v) is 3.85. The Morgan fingerprint density at radius 3 is 3.11 bits per heavy atom. The lowest BCUT2D eigenvalue weighted by Gasteiger charge is -2.42. The maximum Gasteiger partial charge on any atom is 0.126 e. The molecule has 2 aliphatic rings. The number of fused-ring (bicyclic) bond motifs is 1. The molecule has 1 aromatic carbocycles. The van der Waals surface area contributed by atoms with Crippen LogP contribution in [0.15, 0.2) is 18.2 Å². The molecular weight excluding hydrogens is 248 g/mol. The van der Waals surface area contributed by atoms with Gasteiger partial charge in [-0.15, -0.1) is 0 Å². The van der Waals surface area contributed by atoms with Gasteiger partial charge < -0.3 is 9.84 Å². The van der Waals surface area contributed by atoms with Crippen LogP contribution in [-0.4, -0.2) is 10.7 Å². The molecule has 0 aromatic heterocycles. The SMILES string of the molecule is CCC1CCCC12C[C@H](O)c1cc(Cl)ccc1O2. The Kier molecular flexibility index (Phi) is 3.03. The molecule has 0 saturated heterocycles. The molecule has 1 heterocycles. The number of ether oxygens (including phenoxy) is 1. The van der Waals surface area contributed by atoms with Gasteiger partial charge in [-0.2, -0.15) is 0 Å². The van der Waals surface area contributed by atoms with E-state index in [9.17, 15) is 5.11 Å². The lowest BCUT2D eigenvalue weighted by Crippen LogP contribution is -2.44. The van der Waals surface area contributed by atoms with Crippen LogP contribution in [0.1, 0.15) is 50.7 Å². The molecule has 1 N–H and O–H groups in total. The van der Waals surface area contributed by atoms with Crippen LogP contribution in [0.4, 0.5) is 0 Å². The second kappa shape index (κ2) is 4.43. The Balaban J connectivity index is 1.98. The number of aliphatic hydroxyl groups excluding tert-OH is 1. The van der Waals surface area contributed by atoms with Crippen molar-refractivity contribution in [3.63, 3.8) is 0 Å². The number of benzene rings is 1. The molecular formula is C15H19ClO2. The Hall–Kier alpha value is -0.730. The lowest BCUT2D eigenvalue weighted by atomic mass is 9.80. The molecule has 2 nitrogen and oxygen atoms in total. The zero-order chi connectivity index (χ0) is 12.8. The van der Waals surface area contributed by atoms with Crippen molar-refractivity contribution in [1.29, 1.82) is 0 Å². The highest BCUT2D eigenvalue weighted by molar-refractivity contribution is 6.30. The molecule has 1 aromatic rings. The van der Waals surface area contributed by atoms with E-state index in [2.05, 4.69) is 6.92 Å². The van der Waals surface area contributed by atoms with Crippen LogP contribution in [0.2, 0.25) is 5.02 Å². The summed E-state index contributed by atoms with van der Waals surface area (Å²) in [5, 5.41) is 11.0. The van der Waals surface area contributed by atoms with Gasteiger partial charge in [0.15, 0.2) is 0 Å². The Morgan fingerprint density at radius 1 is 1.50 bits per heavy atom. The third-order valence-corrected chi connectivity index (χ3v) is 4.81. The summed E-state index contributed by atoms with van der Waals surface area (Å²) in [5.41, 5.74) is 0.699. The van der Waals surface area contributed by atoms with Gasteiger partial charge in [0.1, 0.15) is 11.4 Å². The average Bonchev–Trinajstić information content (AvgIpc) is 2.72. The summed E-state index contributed by atoms with van der Waals surface area (Å²) in [6.07, 6.45) is 4.86. The van der Waals surface area contributed by atoms with E-state index < -0.39 is 6.10 Å². The number of aliphatic hydroxyl groups is 1. The minimum atomic E-state index is -0.445. The second-order valence-electron chi connectivity index (χ2n) is 5.57. The van der Waals surface area contributed by atoms with Gasteiger partial charge in [0.2, 0.25) is 0 Å². The van der Waals surface area contributed by atoms with Gasteiger partial charge in [0, 0.05) is 17.0 Å². The summed E-state index contributed by atoms with van der Waals surface area (Å²) in [6, 6.07) is 5.55. The first-order chi connectivity index (χ1) is 8.64. The molecule has 0 bridgehead atoms. The van der Waals surface area contributed by atoms with Crippen LogP contribution in [0.3, 0.4) is 0 Å². The van der Waals surface area contributed by atoms with Crippen LogP contribution in [0, 0.1) is 5.92 Å². The molecule has 18 heavy (non-hydrogen) atoms. The summed E-state index contributed by atoms with van der Waals surface area (Å²) in [4.78, 5) is 0. The van der Waals surface area contributed by atoms with E-state index >= 15 is 0 Å². The van der Waals surface area contributed by atoms with Crippen molar-refractivity contribution >= 4 is 11.6 Å². The molecule has 2 unspecified atom stereocenters. The summed E-state index contributed by atoms with van der Waals surface area (Å²) in [5.74, 6) is 1.38. The Labute approximate surface area is 113 Å². The largest absolute Gasteiger partial charge is 0.486 e. The van der Waals surface area contributed by atoms with Gasteiger partial charge in [-0.05, 0) is 49.8 Å². The fraction of sp³-hybridized carbons (Fsp3) is 0.600. The first kappa shape index (κ1) is 12.3. The summed E-state index contributed by atoms with van der Waals surface area (Å²) in [7, 11) is 0. The van der Waals surface area contributed by atoms with E-state index in [0.29, 0.717) is 17.4 Å². The van der Waals surface area contributed by atoms with E-state index in [1.807, 2.05) is 18.2 Å². The summed E-state index contributed by atoms with van der Waals surface area (Å²) < 4.78 is 6.29.